The SMILES string of the molecule is CC[C@@H](C)NC(=O)[C@@H](CC)N(Cc1cccc(C)c1)C(=O)CN(c1ccccc1C)S(=O)(=O)c1ccc(C)cc1. The molecule has 214 valence electrons. The summed E-state index contributed by atoms with van der Waals surface area (Å²) in [5.41, 5.74) is 3.97. The number of carbonyl (C=O) groups excluding carboxylic acids is 2. The van der Waals surface area contributed by atoms with E-state index in [1.54, 1.807) is 36.4 Å². The second kappa shape index (κ2) is 13.6. The maximum absolute atomic E-state index is 14.2. The van der Waals surface area contributed by atoms with Crippen molar-refractivity contribution in [1.29, 1.82) is 0 Å². The Morgan fingerprint density at radius 3 is 2.12 bits per heavy atom. The maximum Gasteiger partial charge on any atom is 0.264 e. The molecule has 0 bridgehead atoms. The van der Waals surface area contributed by atoms with Gasteiger partial charge in [-0.05, 0) is 69.9 Å². The zero-order valence-corrected chi connectivity index (χ0v) is 25.2. The van der Waals surface area contributed by atoms with Crippen molar-refractivity contribution < 1.29 is 18.0 Å². The van der Waals surface area contributed by atoms with Gasteiger partial charge in [0.05, 0.1) is 10.6 Å². The molecule has 0 aliphatic carbocycles. The summed E-state index contributed by atoms with van der Waals surface area (Å²) in [6.07, 6.45) is 1.14. The highest BCUT2D eigenvalue weighted by atomic mass is 32.2. The van der Waals surface area contributed by atoms with E-state index < -0.39 is 28.5 Å². The van der Waals surface area contributed by atoms with E-state index in [2.05, 4.69) is 5.32 Å². The Hall–Kier alpha value is -3.65. The van der Waals surface area contributed by atoms with E-state index in [1.807, 2.05) is 77.9 Å². The number of benzene rings is 3. The van der Waals surface area contributed by atoms with Gasteiger partial charge in [-0.2, -0.15) is 0 Å². The topological polar surface area (TPSA) is 86.8 Å². The molecule has 8 heteroatoms. The lowest BCUT2D eigenvalue weighted by atomic mass is 10.1. The van der Waals surface area contributed by atoms with Gasteiger partial charge in [0.15, 0.2) is 0 Å². The van der Waals surface area contributed by atoms with Crippen molar-refractivity contribution in [2.75, 3.05) is 10.8 Å². The predicted octanol–water partition coefficient (Wildman–Crippen LogP) is 5.53. The number of hydrogen-bond acceptors (Lipinski definition) is 4. The number of rotatable bonds is 12. The minimum absolute atomic E-state index is 0.0529. The molecule has 0 aliphatic rings. The molecule has 3 aromatic carbocycles. The number of hydrogen-bond donors (Lipinski definition) is 1. The Kier molecular flexibility index (Phi) is 10.5. The Balaban J connectivity index is 2.07. The third-order valence-electron chi connectivity index (χ3n) is 7.09. The van der Waals surface area contributed by atoms with Crippen LogP contribution in [0.1, 0.15) is 55.9 Å². The van der Waals surface area contributed by atoms with Crippen LogP contribution in [0.4, 0.5) is 5.69 Å². The van der Waals surface area contributed by atoms with E-state index in [1.165, 1.54) is 4.90 Å². The van der Waals surface area contributed by atoms with Crippen molar-refractivity contribution in [2.45, 2.75) is 77.9 Å². The largest absolute Gasteiger partial charge is 0.352 e. The molecule has 0 spiro atoms. The summed E-state index contributed by atoms with van der Waals surface area (Å²) in [5.74, 6) is -0.701. The van der Waals surface area contributed by atoms with E-state index in [4.69, 9.17) is 0 Å². The molecule has 40 heavy (non-hydrogen) atoms. The molecule has 0 saturated heterocycles. The minimum Gasteiger partial charge on any atom is -0.352 e. The van der Waals surface area contributed by atoms with Crippen molar-refractivity contribution in [2.24, 2.45) is 0 Å². The van der Waals surface area contributed by atoms with Gasteiger partial charge in [0, 0.05) is 12.6 Å². The highest BCUT2D eigenvalue weighted by Gasteiger charge is 2.34. The molecule has 0 radical (unpaired) electrons. The molecule has 7 nitrogen and oxygen atoms in total. The lowest BCUT2D eigenvalue weighted by molar-refractivity contribution is -0.140. The number of carbonyl (C=O) groups is 2. The molecule has 0 fully saturated rings. The van der Waals surface area contributed by atoms with Crippen LogP contribution >= 0.6 is 0 Å². The highest BCUT2D eigenvalue weighted by molar-refractivity contribution is 7.92. The third kappa shape index (κ3) is 7.50. The minimum atomic E-state index is -4.09. The van der Waals surface area contributed by atoms with Crippen LogP contribution in [0.25, 0.3) is 0 Å². The van der Waals surface area contributed by atoms with Crippen LogP contribution in [0.15, 0.2) is 77.7 Å². The van der Waals surface area contributed by atoms with Gasteiger partial charge >= 0.3 is 0 Å². The van der Waals surface area contributed by atoms with Crippen molar-refractivity contribution in [1.82, 2.24) is 10.2 Å². The molecule has 0 unspecified atom stereocenters. The fourth-order valence-electron chi connectivity index (χ4n) is 4.56. The average Bonchev–Trinajstić information content (AvgIpc) is 2.92. The third-order valence-corrected chi connectivity index (χ3v) is 8.87. The maximum atomic E-state index is 14.2. The first-order valence-electron chi connectivity index (χ1n) is 13.8. The monoisotopic (exact) mass is 563 g/mol. The van der Waals surface area contributed by atoms with Crippen LogP contribution in [0.2, 0.25) is 0 Å². The van der Waals surface area contributed by atoms with Gasteiger partial charge in [0.1, 0.15) is 12.6 Å². The second-order valence-corrected chi connectivity index (χ2v) is 12.2. The van der Waals surface area contributed by atoms with Gasteiger partial charge < -0.3 is 10.2 Å². The van der Waals surface area contributed by atoms with Gasteiger partial charge in [-0.1, -0.05) is 79.6 Å². The van der Waals surface area contributed by atoms with Gasteiger partial charge in [-0.3, -0.25) is 13.9 Å². The fourth-order valence-corrected chi connectivity index (χ4v) is 6.04. The number of nitrogens with zero attached hydrogens (tertiary/aromatic N) is 2. The molecule has 0 aliphatic heterocycles. The lowest BCUT2D eigenvalue weighted by Gasteiger charge is -2.34. The molecular formula is C32H41N3O4S. The molecule has 1 N–H and O–H groups in total. The predicted molar refractivity (Wildman–Crippen MR) is 161 cm³/mol. The van der Waals surface area contributed by atoms with Crippen LogP contribution in [0, 0.1) is 20.8 Å². The van der Waals surface area contributed by atoms with Gasteiger partial charge in [-0.25, -0.2) is 8.42 Å². The number of anilines is 1. The van der Waals surface area contributed by atoms with Gasteiger partial charge in [-0.15, -0.1) is 0 Å². The quantitative estimate of drug-likeness (QED) is 0.314. The van der Waals surface area contributed by atoms with Crippen molar-refractivity contribution >= 4 is 27.5 Å². The molecule has 2 atom stereocenters. The zero-order chi connectivity index (χ0) is 29.4. The Labute approximate surface area is 239 Å². The normalized spacial score (nSPS) is 12.8. The summed E-state index contributed by atoms with van der Waals surface area (Å²) in [6, 6.07) is 20.6. The molecule has 0 heterocycles. The first-order chi connectivity index (χ1) is 19.0. The van der Waals surface area contributed by atoms with Crippen LogP contribution in [0.5, 0.6) is 0 Å². The van der Waals surface area contributed by atoms with E-state index >= 15 is 0 Å². The Morgan fingerprint density at radius 1 is 0.850 bits per heavy atom. The van der Waals surface area contributed by atoms with E-state index in [0.717, 1.165) is 33.0 Å². The first kappa shape index (κ1) is 30.9. The van der Waals surface area contributed by atoms with Crippen molar-refractivity contribution in [3.8, 4) is 0 Å². The lowest BCUT2D eigenvalue weighted by Crippen LogP contribution is -2.53. The smallest absolute Gasteiger partial charge is 0.264 e. The van der Waals surface area contributed by atoms with E-state index in [0.29, 0.717) is 12.1 Å². The zero-order valence-electron chi connectivity index (χ0n) is 24.3. The summed E-state index contributed by atoms with van der Waals surface area (Å²) in [7, 11) is -4.09. The van der Waals surface area contributed by atoms with Gasteiger partial charge in [0.25, 0.3) is 10.0 Å². The molecular weight excluding hydrogens is 522 g/mol. The summed E-state index contributed by atoms with van der Waals surface area (Å²) in [6.45, 7) is 11.2. The molecule has 3 aromatic rings. The van der Waals surface area contributed by atoms with Crippen molar-refractivity contribution in [3.05, 3.63) is 95.1 Å². The number of amides is 2. The first-order valence-corrected chi connectivity index (χ1v) is 15.2. The number of nitrogens with one attached hydrogen (secondary N) is 1. The van der Waals surface area contributed by atoms with Crippen LogP contribution < -0.4 is 9.62 Å². The van der Waals surface area contributed by atoms with Crippen LogP contribution in [0.3, 0.4) is 0 Å². The molecule has 0 aromatic heterocycles. The summed E-state index contributed by atoms with van der Waals surface area (Å²) < 4.78 is 29.1. The summed E-state index contributed by atoms with van der Waals surface area (Å²) >= 11 is 0. The van der Waals surface area contributed by atoms with Crippen LogP contribution in [-0.2, 0) is 26.2 Å². The molecule has 0 saturated carbocycles. The van der Waals surface area contributed by atoms with Gasteiger partial charge in [0.2, 0.25) is 11.8 Å². The average molecular weight is 564 g/mol. The highest BCUT2D eigenvalue weighted by Crippen LogP contribution is 2.28. The number of aryl methyl sites for hydroxylation is 3. The fraction of sp³-hybridized carbons (Fsp3) is 0.375. The summed E-state index contributed by atoms with van der Waals surface area (Å²) in [4.78, 5) is 29.1. The number of para-hydroxylation sites is 1. The standard InChI is InChI=1S/C32H41N3O4S/c1-7-26(6)33-32(37)29(8-2)34(21-27-14-11-12-24(4)20-27)31(36)22-35(30-15-10-9-13-25(30)5)40(38,39)28-18-16-23(3)17-19-28/h9-20,26,29H,7-8,21-22H2,1-6H3,(H,33,37)/t26-,29-/m1/s1. The van der Waals surface area contributed by atoms with E-state index in [-0.39, 0.29) is 23.4 Å². The Bertz CT molecular complexity index is 1420. The summed E-state index contributed by atoms with van der Waals surface area (Å²) in [5, 5.41) is 3.00. The molecule has 3 rings (SSSR count). The number of sulfonamides is 1. The van der Waals surface area contributed by atoms with E-state index in [9.17, 15) is 18.0 Å². The van der Waals surface area contributed by atoms with Crippen molar-refractivity contribution in [3.63, 3.8) is 0 Å². The van der Waals surface area contributed by atoms with Crippen LogP contribution in [-0.4, -0.2) is 43.8 Å². The second-order valence-electron chi connectivity index (χ2n) is 10.4. The molecule has 2 amide bonds. The Morgan fingerprint density at radius 2 is 1.52 bits per heavy atom.